The van der Waals surface area contributed by atoms with Gasteiger partial charge >= 0.3 is 0 Å². The molecule has 0 saturated heterocycles. The van der Waals surface area contributed by atoms with Crippen LogP contribution < -0.4 is 0 Å². The second kappa shape index (κ2) is 6.83. The molecule has 1 N–H and O–H groups in total. The third kappa shape index (κ3) is 4.10. The summed E-state index contributed by atoms with van der Waals surface area (Å²) in [5, 5.41) is 7.85. The minimum Gasteiger partial charge on any atom is -0.462 e. The fraction of sp³-hybridized carbons (Fsp3) is 0.176. The zero-order valence-corrected chi connectivity index (χ0v) is 13.6. The SMILES string of the molecule is Cc1ccc(/C=C/c2nc(SC(C)c3ccc(F)cc3)n[nH]2)o1. The van der Waals surface area contributed by atoms with Crippen molar-refractivity contribution in [3.63, 3.8) is 0 Å². The van der Waals surface area contributed by atoms with Crippen molar-refractivity contribution in [2.24, 2.45) is 0 Å². The molecule has 0 bridgehead atoms. The Morgan fingerprint density at radius 3 is 2.65 bits per heavy atom. The molecule has 6 heteroatoms. The average molecular weight is 329 g/mol. The van der Waals surface area contributed by atoms with Crippen LogP contribution in [0.5, 0.6) is 0 Å². The molecule has 23 heavy (non-hydrogen) atoms. The highest BCUT2D eigenvalue weighted by atomic mass is 32.2. The lowest BCUT2D eigenvalue weighted by Gasteiger charge is -2.08. The molecule has 1 unspecified atom stereocenters. The normalized spacial score (nSPS) is 12.8. The average Bonchev–Trinajstić information content (AvgIpc) is 3.15. The van der Waals surface area contributed by atoms with Crippen LogP contribution in [-0.2, 0) is 0 Å². The fourth-order valence-corrected chi connectivity index (χ4v) is 2.91. The summed E-state index contributed by atoms with van der Waals surface area (Å²) in [6.45, 7) is 3.94. The lowest BCUT2D eigenvalue weighted by Crippen LogP contribution is -1.89. The van der Waals surface area contributed by atoms with E-state index in [4.69, 9.17) is 4.42 Å². The van der Waals surface area contributed by atoms with Gasteiger partial charge in [-0.2, -0.15) is 0 Å². The van der Waals surface area contributed by atoms with Gasteiger partial charge in [0.15, 0.2) is 0 Å². The first kappa shape index (κ1) is 15.6. The molecule has 0 radical (unpaired) electrons. The van der Waals surface area contributed by atoms with Crippen molar-refractivity contribution < 1.29 is 8.81 Å². The van der Waals surface area contributed by atoms with Crippen LogP contribution in [0.1, 0.15) is 35.1 Å². The van der Waals surface area contributed by atoms with E-state index >= 15 is 0 Å². The highest BCUT2D eigenvalue weighted by molar-refractivity contribution is 7.99. The second-order valence-electron chi connectivity index (χ2n) is 5.10. The summed E-state index contributed by atoms with van der Waals surface area (Å²) in [6.07, 6.45) is 3.66. The molecular weight excluding hydrogens is 313 g/mol. The van der Waals surface area contributed by atoms with Crippen LogP contribution in [0.3, 0.4) is 0 Å². The predicted octanol–water partition coefficient (Wildman–Crippen LogP) is 4.87. The first-order valence-electron chi connectivity index (χ1n) is 7.19. The lowest BCUT2D eigenvalue weighted by atomic mass is 10.2. The van der Waals surface area contributed by atoms with Gasteiger partial charge < -0.3 is 4.42 Å². The van der Waals surface area contributed by atoms with Crippen molar-refractivity contribution in [3.05, 3.63) is 65.1 Å². The lowest BCUT2D eigenvalue weighted by molar-refractivity contribution is 0.525. The molecule has 0 saturated carbocycles. The molecule has 0 aliphatic rings. The van der Waals surface area contributed by atoms with Crippen molar-refractivity contribution in [1.29, 1.82) is 0 Å². The van der Waals surface area contributed by atoms with E-state index in [0.717, 1.165) is 17.1 Å². The topological polar surface area (TPSA) is 54.7 Å². The Bertz CT molecular complexity index is 807. The summed E-state index contributed by atoms with van der Waals surface area (Å²) >= 11 is 1.52. The predicted molar refractivity (Wildman–Crippen MR) is 89.4 cm³/mol. The summed E-state index contributed by atoms with van der Waals surface area (Å²) in [6, 6.07) is 10.3. The van der Waals surface area contributed by atoms with Gasteiger partial charge in [0.1, 0.15) is 23.2 Å². The maximum Gasteiger partial charge on any atom is 0.209 e. The third-order valence-corrected chi connectivity index (χ3v) is 4.29. The van der Waals surface area contributed by atoms with E-state index in [0.29, 0.717) is 11.0 Å². The van der Waals surface area contributed by atoms with Crippen LogP contribution in [0.2, 0.25) is 0 Å². The molecular formula is C17H16FN3OS. The van der Waals surface area contributed by atoms with E-state index in [1.807, 2.05) is 38.1 Å². The summed E-state index contributed by atoms with van der Waals surface area (Å²) in [5.41, 5.74) is 1.03. The van der Waals surface area contributed by atoms with Gasteiger partial charge in [0.2, 0.25) is 5.16 Å². The Morgan fingerprint density at radius 2 is 1.96 bits per heavy atom. The van der Waals surface area contributed by atoms with Crippen LogP contribution in [0, 0.1) is 12.7 Å². The number of furan rings is 1. The molecule has 3 aromatic rings. The van der Waals surface area contributed by atoms with Crippen molar-refractivity contribution in [1.82, 2.24) is 15.2 Å². The largest absolute Gasteiger partial charge is 0.462 e. The maximum absolute atomic E-state index is 13.0. The van der Waals surface area contributed by atoms with E-state index in [2.05, 4.69) is 15.2 Å². The Hall–Kier alpha value is -2.34. The maximum atomic E-state index is 13.0. The van der Waals surface area contributed by atoms with Gasteiger partial charge in [-0.25, -0.2) is 9.37 Å². The van der Waals surface area contributed by atoms with Crippen molar-refractivity contribution >= 4 is 23.9 Å². The number of hydrogen-bond acceptors (Lipinski definition) is 4. The van der Waals surface area contributed by atoms with Crippen LogP contribution in [0.4, 0.5) is 4.39 Å². The summed E-state index contributed by atoms with van der Waals surface area (Å²) in [7, 11) is 0. The van der Waals surface area contributed by atoms with E-state index in [1.54, 1.807) is 12.1 Å². The van der Waals surface area contributed by atoms with E-state index in [1.165, 1.54) is 23.9 Å². The van der Waals surface area contributed by atoms with Gasteiger partial charge in [-0.15, -0.1) is 5.10 Å². The Balaban J connectivity index is 1.64. The molecule has 0 spiro atoms. The molecule has 118 valence electrons. The molecule has 0 fully saturated rings. The minimum atomic E-state index is -0.232. The van der Waals surface area contributed by atoms with Crippen molar-refractivity contribution in [2.75, 3.05) is 0 Å². The van der Waals surface area contributed by atoms with Gasteiger partial charge in [0, 0.05) is 5.25 Å². The smallest absolute Gasteiger partial charge is 0.209 e. The number of benzene rings is 1. The van der Waals surface area contributed by atoms with E-state index < -0.39 is 0 Å². The van der Waals surface area contributed by atoms with Crippen molar-refractivity contribution in [2.45, 2.75) is 24.3 Å². The Kier molecular flexibility index (Phi) is 4.62. The van der Waals surface area contributed by atoms with Gasteiger partial charge in [-0.3, -0.25) is 5.10 Å². The second-order valence-corrected chi connectivity index (χ2v) is 6.40. The molecule has 0 amide bonds. The molecule has 1 aromatic carbocycles. The van der Waals surface area contributed by atoms with Gasteiger partial charge in [-0.1, -0.05) is 23.9 Å². The summed E-state index contributed by atoms with van der Waals surface area (Å²) in [4.78, 5) is 4.41. The van der Waals surface area contributed by atoms with Gasteiger partial charge in [0.05, 0.1) is 0 Å². The quantitative estimate of drug-likeness (QED) is 0.679. The zero-order valence-electron chi connectivity index (χ0n) is 12.8. The number of hydrogen-bond donors (Lipinski definition) is 1. The number of nitrogens with zero attached hydrogens (tertiary/aromatic N) is 2. The molecule has 0 aliphatic heterocycles. The molecule has 1 atom stereocenters. The first-order chi connectivity index (χ1) is 11.1. The molecule has 4 nitrogen and oxygen atoms in total. The van der Waals surface area contributed by atoms with E-state index in [-0.39, 0.29) is 11.1 Å². The van der Waals surface area contributed by atoms with Gasteiger partial charge in [-0.05, 0) is 55.8 Å². The van der Waals surface area contributed by atoms with Gasteiger partial charge in [0.25, 0.3) is 0 Å². The van der Waals surface area contributed by atoms with Crippen LogP contribution in [0.15, 0.2) is 46.0 Å². The Labute approximate surface area is 137 Å². The molecule has 2 heterocycles. The fourth-order valence-electron chi connectivity index (χ4n) is 2.05. The van der Waals surface area contributed by atoms with E-state index in [9.17, 15) is 4.39 Å². The standard InChI is InChI=1S/C17H16FN3OS/c1-11-3-8-15(22-11)9-10-16-19-17(21-20-16)23-12(2)13-4-6-14(18)7-5-13/h3-10,12H,1-2H3,(H,19,20,21)/b10-9+. The monoisotopic (exact) mass is 329 g/mol. The number of rotatable bonds is 5. The van der Waals surface area contributed by atoms with Crippen molar-refractivity contribution in [3.8, 4) is 0 Å². The number of aromatic amines is 1. The highest BCUT2D eigenvalue weighted by Crippen LogP contribution is 2.32. The number of aromatic nitrogens is 3. The van der Waals surface area contributed by atoms with Crippen LogP contribution >= 0.6 is 11.8 Å². The number of thioether (sulfide) groups is 1. The molecule has 3 rings (SSSR count). The van der Waals surface area contributed by atoms with Crippen LogP contribution in [0.25, 0.3) is 12.2 Å². The highest BCUT2D eigenvalue weighted by Gasteiger charge is 2.11. The Morgan fingerprint density at radius 1 is 1.17 bits per heavy atom. The third-order valence-electron chi connectivity index (χ3n) is 3.27. The number of halogens is 1. The van der Waals surface area contributed by atoms with Crippen LogP contribution in [-0.4, -0.2) is 15.2 Å². The summed E-state index contributed by atoms with van der Waals surface area (Å²) in [5.74, 6) is 2.07. The number of H-pyrrole nitrogens is 1. The first-order valence-corrected chi connectivity index (χ1v) is 8.07. The number of nitrogens with one attached hydrogen (secondary N) is 1. The minimum absolute atomic E-state index is 0.135. The molecule has 0 aliphatic carbocycles. The summed E-state index contributed by atoms with van der Waals surface area (Å²) < 4.78 is 18.4. The number of aryl methyl sites for hydroxylation is 1. The zero-order chi connectivity index (χ0) is 16.2. The molecule has 2 aromatic heterocycles.